The Balaban J connectivity index is 1.87. The summed E-state index contributed by atoms with van der Waals surface area (Å²) in [6, 6.07) is 0.643. The summed E-state index contributed by atoms with van der Waals surface area (Å²) in [6.07, 6.45) is 0. The Morgan fingerprint density at radius 2 is 0.791 bits per heavy atom. The van der Waals surface area contributed by atoms with E-state index in [1.54, 1.807) is 0 Å². The van der Waals surface area contributed by atoms with E-state index in [2.05, 4.69) is 118 Å². The molecular weight excluding hydrogens is 526 g/mol. The van der Waals surface area contributed by atoms with Crippen LogP contribution in [0.4, 0.5) is 0 Å². The molecule has 1 saturated heterocycles. The van der Waals surface area contributed by atoms with Gasteiger partial charge in [-0.15, -0.1) is 0 Å². The third-order valence-electron chi connectivity index (χ3n) is 14.0. The first-order chi connectivity index (χ1) is 20.0. The molecule has 0 radical (unpaired) electrons. The quantitative estimate of drug-likeness (QED) is 0.183. The fourth-order valence-corrected chi connectivity index (χ4v) is 10.2. The van der Waals surface area contributed by atoms with Crippen molar-refractivity contribution in [3.05, 3.63) is 55.6 Å². The van der Waals surface area contributed by atoms with Crippen molar-refractivity contribution in [2.24, 2.45) is 11.8 Å². The number of nitrogens with zero attached hydrogens (tertiary/aromatic N) is 3. The second kappa shape index (κ2) is 7.87. The van der Waals surface area contributed by atoms with Crippen LogP contribution in [0.3, 0.4) is 0 Å². The van der Waals surface area contributed by atoms with Gasteiger partial charge in [0, 0.05) is 45.5 Å². The number of ether oxygens (including phenoxy) is 1. The highest BCUT2D eigenvalue weighted by atomic mass is 16.6. The summed E-state index contributed by atoms with van der Waals surface area (Å²) in [5.74, 6) is 0.636. The average Bonchev–Trinajstić information content (AvgIpc) is 3.61. The van der Waals surface area contributed by atoms with Crippen molar-refractivity contribution in [3.63, 3.8) is 0 Å². The third kappa shape index (κ3) is 2.64. The lowest BCUT2D eigenvalue weighted by Crippen LogP contribution is -2.36. The molecule has 5 aromatic rings. The first kappa shape index (κ1) is 27.7. The van der Waals surface area contributed by atoms with Gasteiger partial charge in [0.2, 0.25) is 0 Å². The van der Waals surface area contributed by atoms with Crippen LogP contribution in [-0.4, -0.2) is 21.1 Å². The Morgan fingerprint density at radius 1 is 0.465 bits per heavy atom. The van der Waals surface area contributed by atoms with Crippen molar-refractivity contribution in [1.29, 1.82) is 0 Å². The van der Waals surface area contributed by atoms with Crippen LogP contribution >= 0.6 is 0 Å². The van der Waals surface area contributed by atoms with E-state index >= 15 is 0 Å². The molecule has 4 nitrogen and oxygen atoms in total. The SMILES string of the molecule is Cc1c(C)c(C)c2c(c1C)c1c3c(c4c5c(C)c(C)c(C)c(C)c5n5c4c1n2C1(C)OC5(C)C(C)C1C)C(C)N(C)C3C. The number of benzene rings is 3. The molecule has 0 spiro atoms. The molecule has 0 saturated carbocycles. The number of hydrogen-bond acceptors (Lipinski definition) is 2. The van der Waals surface area contributed by atoms with Gasteiger partial charge in [-0.2, -0.15) is 0 Å². The molecule has 4 heteroatoms. The van der Waals surface area contributed by atoms with Crippen molar-refractivity contribution in [1.82, 2.24) is 14.0 Å². The molecule has 1 fully saturated rings. The van der Waals surface area contributed by atoms with Gasteiger partial charge in [-0.3, -0.25) is 4.90 Å². The number of fused-ring (bicyclic) bond motifs is 13. The van der Waals surface area contributed by atoms with Gasteiger partial charge in [0.1, 0.15) is 11.4 Å². The Labute approximate surface area is 257 Å². The van der Waals surface area contributed by atoms with E-state index < -0.39 is 11.4 Å². The summed E-state index contributed by atoms with van der Waals surface area (Å²) in [4.78, 5) is 2.61. The molecule has 6 unspecified atom stereocenters. The van der Waals surface area contributed by atoms with Crippen molar-refractivity contribution in [3.8, 4) is 0 Å². The molecule has 3 aliphatic rings. The summed E-state index contributed by atoms with van der Waals surface area (Å²) in [5.41, 5.74) is 18.9. The molecule has 0 N–H and O–H groups in total. The maximum absolute atomic E-state index is 7.67. The Morgan fingerprint density at radius 3 is 1.14 bits per heavy atom. The average molecular weight is 576 g/mol. The molecule has 8 rings (SSSR count). The minimum absolute atomic E-state index is 0.318. The van der Waals surface area contributed by atoms with Crippen LogP contribution in [0.15, 0.2) is 0 Å². The van der Waals surface area contributed by atoms with Crippen LogP contribution < -0.4 is 0 Å². The van der Waals surface area contributed by atoms with Crippen LogP contribution in [0.5, 0.6) is 0 Å². The molecule has 5 heterocycles. The Kier molecular flexibility index (Phi) is 5.07. The van der Waals surface area contributed by atoms with E-state index in [9.17, 15) is 0 Å². The number of aryl methyl sites for hydroxylation is 4. The topological polar surface area (TPSA) is 22.3 Å². The zero-order valence-corrected chi connectivity index (χ0v) is 29.1. The number of rotatable bonds is 0. The van der Waals surface area contributed by atoms with Gasteiger partial charge in [-0.05, 0) is 146 Å². The van der Waals surface area contributed by atoms with E-state index in [0.29, 0.717) is 23.9 Å². The summed E-state index contributed by atoms with van der Waals surface area (Å²) in [6.45, 7) is 33.3. The Bertz CT molecular complexity index is 2010. The molecule has 3 aromatic carbocycles. The minimum atomic E-state index is -0.484. The summed E-state index contributed by atoms with van der Waals surface area (Å²) in [5, 5.41) is 5.83. The van der Waals surface area contributed by atoms with E-state index in [0.717, 1.165) is 0 Å². The molecule has 6 atom stereocenters. The van der Waals surface area contributed by atoms with Crippen LogP contribution in [0.1, 0.15) is 109 Å². The lowest BCUT2D eigenvalue weighted by Gasteiger charge is -2.34. The maximum atomic E-state index is 7.67. The maximum Gasteiger partial charge on any atom is 0.148 e. The standard InChI is InChI=1S/C39H49N3O/c1-16-18(3)22(7)34-28(20(16)5)32-30-26(11)40(15)27(12)31(30)33-29-21(6)17(2)19(4)23(8)35(29)42-37(33)36(32)41(34)38(13)24(9)25(10)39(42,14)43-38/h24-27H,1-15H3. The van der Waals surface area contributed by atoms with E-state index in [-0.39, 0.29) is 0 Å². The van der Waals surface area contributed by atoms with Crippen molar-refractivity contribution in [2.45, 2.75) is 120 Å². The normalized spacial score (nSPS) is 30.2. The van der Waals surface area contributed by atoms with Crippen LogP contribution in [0.2, 0.25) is 0 Å². The molecular formula is C39H49N3O. The highest BCUT2D eigenvalue weighted by molar-refractivity contribution is 6.28. The monoisotopic (exact) mass is 575 g/mol. The van der Waals surface area contributed by atoms with Gasteiger partial charge >= 0.3 is 0 Å². The smallest absolute Gasteiger partial charge is 0.148 e. The fourth-order valence-electron chi connectivity index (χ4n) is 10.2. The minimum Gasteiger partial charge on any atom is -0.329 e. The zero-order valence-electron chi connectivity index (χ0n) is 29.1. The molecule has 43 heavy (non-hydrogen) atoms. The second-order valence-electron chi connectivity index (χ2n) is 15.2. The number of hydrogen-bond donors (Lipinski definition) is 0. The lowest BCUT2D eigenvalue weighted by molar-refractivity contribution is -0.173. The Hall–Kier alpha value is -2.82. The van der Waals surface area contributed by atoms with E-state index in [1.165, 1.54) is 99.2 Å². The first-order valence-corrected chi connectivity index (χ1v) is 16.5. The van der Waals surface area contributed by atoms with E-state index in [1.807, 2.05) is 0 Å². The lowest BCUT2D eigenvalue weighted by atomic mass is 9.83. The van der Waals surface area contributed by atoms with Crippen molar-refractivity contribution in [2.75, 3.05) is 7.05 Å². The predicted molar refractivity (Wildman–Crippen MR) is 182 cm³/mol. The van der Waals surface area contributed by atoms with Crippen LogP contribution in [-0.2, 0) is 16.2 Å². The largest absolute Gasteiger partial charge is 0.329 e. The van der Waals surface area contributed by atoms with Gasteiger partial charge < -0.3 is 13.9 Å². The van der Waals surface area contributed by atoms with Gasteiger partial charge in [-0.1, -0.05) is 13.8 Å². The fraction of sp³-hybridized carbons (Fsp3) is 0.538. The van der Waals surface area contributed by atoms with E-state index in [4.69, 9.17) is 4.74 Å². The van der Waals surface area contributed by atoms with Crippen molar-refractivity contribution < 1.29 is 4.74 Å². The van der Waals surface area contributed by atoms with Gasteiger partial charge in [0.15, 0.2) is 0 Å². The highest BCUT2D eigenvalue weighted by Crippen LogP contribution is 2.63. The van der Waals surface area contributed by atoms with Crippen LogP contribution in [0.25, 0.3) is 43.6 Å². The summed E-state index contributed by atoms with van der Waals surface area (Å²) < 4.78 is 13.1. The predicted octanol–water partition coefficient (Wildman–Crippen LogP) is 10.1. The third-order valence-corrected chi connectivity index (χ3v) is 14.0. The van der Waals surface area contributed by atoms with Crippen molar-refractivity contribution >= 4 is 43.6 Å². The summed E-state index contributed by atoms with van der Waals surface area (Å²) in [7, 11) is 2.33. The molecule has 2 bridgehead atoms. The highest BCUT2D eigenvalue weighted by Gasteiger charge is 2.60. The molecule has 3 aliphatic heterocycles. The first-order valence-electron chi connectivity index (χ1n) is 16.5. The van der Waals surface area contributed by atoms with Gasteiger partial charge in [0.25, 0.3) is 0 Å². The molecule has 0 aliphatic carbocycles. The molecule has 226 valence electrons. The molecule has 2 aromatic heterocycles. The van der Waals surface area contributed by atoms with Gasteiger partial charge in [-0.25, -0.2) is 0 Å². The second-order valence-corrected chi connectivity index (χ2v) is 15.2. The molecule has 0 amide bonds. The summed E-state index contributed by atoms with van der Waals surface area (Å²) >= 11 is 0. The zero-order chi connectivity index (χ0) is 31.1. The van der Waals surface area contributed by atoms with Crippen LogP contribution in [0, 0.1) is 67.2 Å². The number of aromatic nitrogens is 2. The van der Waals surface area contributed by atoms with Gasteiger partial charge in [0.05, 0.1) is 22.1 Å².